The Balaban J connectivity index is 1.01. The van der Waals surface area contributed by atoms with E-state index in [1.54, 1.807) is 0 Å². The molecule has 0 N–H and O–H groups in total. The molecule has 0 bridgehead atoms. The summed E-state index contributed by atoms with van der Waals surface area (Å²) in [6.07, 6.45) is 0. The van der Waals surface area contributed by atoms with Gasteiger partial charge in [-0.2, -0.15) is 0 Å². The number of aromatic nitrogens is 4. The van der Waals surface area contributed by atoms with Crippen LogP contribution in [0.25, 0.3) is 137 Å². The highest BCUT2D eigenvalue weighted by Gasteiger charge is 2.22. The van der Waals surface area contributed by atoms with Crippen molar-refractivity contribution >= 4 is 64.1 Å². The molecule has 3 aromatic heterocycles. The second-order valence-corrected chi connectivity index (χ2v) is 19.4. The number of fused-ring (bicyclic) bond motifs is 7. The molecule has 14 aromatic rings. The molecule has 72 heavy (non-hydrogen) atoms. The lowest BCUT2D eigenvalue weighted by atomic mass is 9.98. The summed E-state index contributed by atoms with van der Waals surface area (Å²) in [5.74, 6) is 1.83. The van der Waals surface area contributed by atoms with Gasteiger partial charge in [0.05, 0.1) is 16.7 Å². The summed E-state index contributed by atoms with van der Waals surface area (Å²) in [5.41, 5.74) is 15.3. The van der Waals surface area contributed by atoms with E-state index in [1.165, 1.54) is 52.8 Å². The predicted octanol–water partition coefficient (Wildman–Crippen LogP) is 18.2. The van der Waals surface area contributed by atoms with Crippen LogP contribution in [0.1, 0.15) is 0 Å². The Morgan fingerprint density at radius 1 is 0.278 bits per heavy atom. The summed E-state index contributed by atoms with van der Waals surface area (Å²) in [6.45, 7) is 0. The van der Waals surface area contributed by atoms with Crippen LogP contribution in [0.2, 0.25) is 0 Å². The van der Waals surface area contributed by atoms with Gasteiger partial charge >= 0.3 is 0 Å². The number of thiophene rings is 1. The van der Waals surface area contributed by atoms with Crippen molar-refractivity contribution in [1.29, 1.82) is 0 Å². The van der Waals surface area contributed by atoms with Crippen molar-refractivity contribution in [2.45, 2.75) is 0 Å². The Morgan fingerprint density at radius 3 is 1.43 bits per heavy atom. The number of hydrogen-bond acceptors (Lipinski definition) is 4. The second-order valence-electron chi connectivity index (χ2n) is 18.4. The molecule has 0 amide bonds. The Morgan fingerprint density at radius 2 is 0.778 bits per heavy atom. The highest BCUT2D eigenvalue weighted by Crippen LogP contribution is 2.44. The van der Waals surface area contributed by atoms with Crippen LogP contribution in [0, 0.1) is 0 Å². The van der Waals surface area contributed by atoms with E-state index in [-0.39, 0.29) is 0 Å². The van der Waals surface area contributed by atoms with Crippen LogP contribution < -0.4 is 0 Å². The van der Waals surface area contributed by atoms with Gasteiger partial charge in [0.15, 0.2) is 17.5 Å². The first-order chi connectivity index (χ1) is 35.7. The van der Waals surface area contributed by atoms with Gasteiger partial charge in [-0.25, -0.2) is 15.0 Å². The van der Waals surface area contributed by atoms with Crippen molar-refractivity contribution in [3.63, 3.8) is 0 Å². The van der Waals surface area contributed by atoms with Gasteiger partial charge in [0, 0.05) is 53.2 Å². The fourth-order valence-corrected chi connectivity index (χ4v) is 11.7. The topological polar surface area (TPSA) is 43.6 Å². The van der Waals surface area contributed by atoms with Crippen LogP contribution in [-0.2, 0) is 0 Å². The third-order valence-electron chi connectivity index (χ3n) is 14.1. The smallest absolute Gasteiger partial charge is 0.164 e. The van der Waals surface area contributed by atoms with Gasteiger partial charge in [-0.3, -0.25) is 0 Å². The molecule has 0 saturated heterocycles. The zero-order valence-corrected chi connectivity index (χ0v) is 39.8. The number of nitrogens with zero attached hydrogens (tertiary/aromatic N) is 4. The van der Waals surface area contributed by atoms with E-state index in [4.69, 9.17) is 15.0 Å². The lowest BCUT2D eigenvalue weighted by molar-refractivity contribution is 1.07. The average Bonchev–Trinajstić information content (AvgIpc) is 4.00. The Labute approximate surface area is 420 Å². The molecule has 0 saturated carbocycles. The molecule has 0 aliphatic carbocycles. The zero-order chi connectivity index (χ0) is 47.5. The molecule has 0 aliphatic heterocycles. The molecule has 0 aliphatic rings. The molecular formula is C67H42N4S. The molecule has 3 heterocycles. The summed E-state index contributed by atoms with van der Waals surface area (Å²) >= 11 is 1.84. The summed E-state index contributed by atoms with van der Waals surface area (Å²) in [7, 11) is 0. The minimum Gasteiger partial charge on any atom is -0.309 e. The Kier molecular flexibility index (Phi) is 10.0. The lowest BCUT2D eigenvalue weighted by Crippen LogP contribution is -2.02. The van der Waals surface area contributed by atoms with E-state index in [1.807, 2.05) is 23.5 Å². The van der Waals surface area contributed by atoms with Crippen molar-refractivity contribution in [2.75, 3.05) is 0 Å². The first-order valence-corrected chi connectivity index (χ1v) is 25.1. The number of hydrogen-bond donors (Lipinski definition) is 0. The lowest BCUT2D eigenvalue weighted by Gasteiger charge is -2.17. The van der Waals surface area contributed by atoms with Gasteiger partial charge < -0.3 is 4.57 Å². The fourth-order valence-electron chi connectivity index (χ4n) is 10.5. The quantitative estimate of drug-likeness (QED) is 0.152. The summed E-state index contributed by atoms with van der Waals surface area (Å²) in [4.78, 5) is 15.8. The van der Waals surface area contributed by atoms with E-state index in [2.05, 4.69) is 247 Å². The average molecular weight is 935 g/mol. The summed E-state index contributed by atoms with van der Waals surface area (Å²) < 4.78 is 5.00. The molecule has 0 atom stereocenters. The number of benzene rings is 11. The first kappa shape index (κ1) is 41.7. The molecule has 11 aromatic carbocycles. The van der Waals surface area contributed by atoms with Crippen molar-refractivity contribution < 1.29 is 0 Å². The minimum atomic E-state index is 0.601. The molecule has 14 rings (SSSR count). The molecule has 0 unspecified atom stereocenters. The first-order valence-electron chi connectivity index (χ1n) is 24.3. The van der Waals surface area contributed by atoms with Gasteiger partial charge in [0.25, 0.3) is 0 Å². The van der Waals surface area contributed by atoms with Crippen LogP contribution >= 0.6 is 11.3 Å². The highest BCUT2D eigenvalue weighted by atomic mass is 32.1. The molecule has 0 spiro atoms. The van der Waals surface area contributed by atoms with Crippen LogP contribution in [0.5, 0.6) is 0 Å². The van der Waals surface area contributed by atoms with Gasteiger partial charge in [-0.1, -0.05) is 206 Å². The summed E-state index contributed by atoms with van der Waals surface area (Å²) in [6, 6.07) is 91.4. The normalized spacial score (nSPS) is 11.6. The van der Waals surface area contributed by atoms with Crippen molar-refractivity contribution in [3.8, 4) is 84.4 Å². The van der Waals surface area contributed by atoms with Crippen molar-refractivity contribution in [1.82, 2.24) is 19.5 Å². The fraction of sp³-hybridized carbons (Fsp3) is 0. The molecule has 336 valence electrons. The predicted molar refractivity (Wildman–Crippen MR) is 303 cm³/mol. The molecular weight excluding hydrogens is 893 g/mol. The molecule has 0 radical (unpaired) electrons. The van der Waals surface area contributed by atoms with E-state index < -0.39 is 0 Å². The maximum absolute atomic E-state index is 5.33. The monoisotopic (exact) mass is 934 g/mol. The SMILES string of the molecule is c1ccc(-c2ccc(-c3nc(-c4ccc(-c5ccccc5)cc4)nc(-c4ccc(-n5c6cc7ccccc7cc6c6c(-c7ccccc7)cccc65)c(-c5ccc6c(c5)sc5ccccc56)c4)n3)cc2)cc1. The Bertz CT molecular complexity index is 4250. The van der Waals surface area contributed by atoms with Crippen LogP contribution in [0.3, 0.4) is 0 Å². The van der Waals surface area contributed by atoms with Gasteiger partial charge in [0.1, 0.15) is 0 Å². The second kappa shape index (κ2) is 17.3. The van der Waals surface area contributed by atoms with E-state index in [0.717, 1.165) is 66.8 Å². The van der Waals surface area contributed by atoms with Crippen LogP contribution in [0.15, 0.2) is 255 Å². The van der Waals surface area contributed by atoms with Crippen LogP contribution in [0.4, 0.5) is 0 Å². The molecule has 0 fully saturated rings. The third-order valence-corrected chi connectivity index (χ3v) is 15.2. The zero-order valence-electron chi connectivity index (χ0n) is 38.9. The van der Waals surface area contributed by atoms with Gasteiger partial charge in [0.2, 0.25) is 0 Å². The largest absolute Gasteiger partial charge is 0.309 e. The van der Waals surface area contributed by atoms with Crippen LogP contribution in [-0.4, -0.2) is 19.5 Å². The van der Waals surface area contributed by atoms with E-state index in [9.17, 15) is 0 Å². The molecule has 4 nitrogen and oxygen atoms in total. The van der Waals surface area contributed by atoms with Gasteiger partial charge in [-0.05, 0) is 98.2 Å². The number of rotatable bonds is 8. The van der Waals surface area contributed by atoms with E-state index in [0.29, 0.717) is 17.5 Å². The standard InChI is InChI=1S/C67H42N4S/c1-4-15-43(16-5-1)45-27-31-48(32-28-45)65-68-66(49-33-29-46(30-34-49)44-17-6-2-7-18-44)70-67(69-65)53-36-38-59(57(40-53)52-35-37-56-55-23-12-13-26-62(55)72-63(56)42-52)71-60-25-14-24-54(47-19-8-3-9-20-47)64(60)58-39-50-21-10-11-22-51(50)41-61(58)71/h1-42H. The third kappa shape index (κ3) is 7.26. The van der Waals surface area contributed by atoms with E-state index >= 15 is 0 Å². The summed E-state index contributed by atoms with van der Waals surface area (Å²) in [5, 5.41) is 7.38. The minimum absolute atomic E-state index is 0.601. The molecule has 5 heteroatoms. The van der Waals surface area contributed by atoms with Gasteiger partial charge in [-0.15, -0.1) is 11.3 Å². The van der Waals surface area contributed by atoms with Crippen molar-refractivity contribution in [2.24, 2.45) is 0 Å². The maximum atomic E-state index is 5.33. The highest BCUT2D eigenvalue weighted by molar-refractivity contribution is 7.25. The van der Waals surface area contributed by atoms with Crippen molar-refractivity contribution in [3.05, 3.63) is 255 Å². The Hall–Kier alpha value is -9.29. The maximum Gasteiger partial charge on any atom is 0.164 e.